The minimum Gasteiger partial charge on any atom is -0.497 e. The molecule has 0 fully saturated rings. The summed E-state index contributed by atoms with van der Waals surface area (Å²) in [6, 6.07) is 15.7. The van der Waals surface area contributed by atoms with E-state index in [0.717, 1.165) is 38.2 Å². The van der Waals surface area contributed by atoms with E-state index in [9.17, 15) is 4.79 Å². The van der Waals surface area contributed by atoms with E-state index in [1.54, 1.807) is 25.6 Å². The zero-order valence-electron chi connectivity index (χ0n) is 14.9. The van der Waals surface area contributed by atoms with Gasteiger partial charge in [0.05, 0.1) is 31.3 Å². The zero-order chi connectivity index (χ0) is 18.5. The van der Waals surface area contributed by atoms with Crippen molar-refractivity contribution in [2.24, 2.45) is 0 Å². The Hall–Kier alpha value is -2.86. The molecule has 1 N–H and O–H groups in total. The molecule has 3 aromatic rings. The highest BCUT2D eigenvalue weighted by molar-refractivity contribution is 7.15. The maximum Gasteiger partial charge on any atom is 0.217 e. The zero-order valence-corrected chi connectivity index (χ0v) is 15.7. The summed E-state index contributed by atoms with van der Waals surface area (Å²) in [5.74, 6) is 1.54. The summed E-state index contributed by atoms with van der Waals surface area (Å²) in [6.07, 6.45) is 0. The van der Waals surface area contributed by atoms with Gasteiger partial charge in [0.1, 0.15) is 16.5 Å². The number of methoxy groups -OCH3 is 2. The number of amides is 1. The fourth-order valence-electron chi connectivity index (χ4n) is 2.52. The van der Waals surface area contributed by atoms with Gasteiger partial charge in [0, 0.05) is 12.5 Å². The molecule has 0 aliphatic heterocycles. The van der Waals surface area contributed by atoms with Crippen LogP contribution in [0.5, 0.6) is 11.5 Å². The number of hydrogen-bond donors (Lipinski definition) is 1. The SMILES string of the molecule is COc1ccc(-c2nc(CNC(C)=O)sc2-c2ccc(OC)cc2)cc1. The maximum absolute atomic E-state index is 11.2. The molecule has 0 radical (unpaired) electrons. The number of carbonyl (C=O) groups excluding carboxylic acids is 1. The van der Waals surface area contributed by atoms with E-state index in [0.29, 0.717) is 6.54 Å². The predicted molar refractivity (Wildman–Crippen MR) is 104 cm³/mol. The molecule has 0 atom stereocenters. The normalized spacial score (nSPS) is 10.4. The molecule has 1 heterocycles. The van der Waals surface area contributed by atoms with E-state index in [-0.39, 0.29) is 5.91 Å². The minimum absolute atomic E-state index is 0.0720. The quantitative estimate of drug-likeness (QED) is 0.711. The summed E-state index contributed by atoms with van der Waals surface area (Å²) in [5, 5.41) is 3.67. The summed E-state index contributed by atoms with van der Waals surface area (Å²) in [5.41, 5.74) is 2.95. The van der Waals surface area contributed by atoms with Gasteiger partial charge in [0.25, 0.3) is 0 Å². The Morgan fingerprint density at radius 3 is 2.00 bits per heavy atom. The number of aromatic nitrogens is 1. The Labute approximate surface area is 156 Å². The van der Waals surface area contributed by atoms with Crippen LogP contribution < -0.4 is 14.8 Å². The number of ether oxygens (including phenoxy) is 2. The molecule has 1 amide bonds. The molecule has 0 bridgehead atoms. The lowest BCUT2D eigenvalue weighted by Gasteiger charge is -2.05. The van der Waals surface area contributed by atoms with Gasteiger partial charge < -0.3 is 14.8 Å². The van der Waals surface area contributed by atoms with Crippen LogP contribution >= 0.6 is 11.3 Å². The lowest BCUT2D eigenvalue weighted by Crippen LogP contribution is -2.18. The van der Waals surface area contributed by atoms with E-state index in [1.807, 2.05) is 48.5 Å². The Morgan fingerprint density at radius 2 is 1.50 bits per heavy atom. The summed E-state index contributed by atoms with van der Waals surface area (Å²) in [4.78, 5) is 17.0. The molecule has 0 aliphatic rings. The fraction of sp³-hybridized carbons (Fsp3) is 0.200. The molecule has 2 aromatic carbocycles. The first-order valence-corrected chi connectivity index (χ1v) is 8.95. The third-order valence-electron chi connectivity index (χ3n) is 3.88. The standard InChI is InChI=1S/C20H20N2O3S/c1-13(23)21-12-18-22-19(14-4-8-16(24-2)9-5-14)20(26-18)15-6-10-17(25-3)11-7-15/h4-11H,12H2,1-3H3,(H,21,23). The third kappa shape index (κ3) is 4.03. The highest BCUT2D eigenvalue weighted by atomic mass is 32.1. The Morgan fingerprint density at radius 1 is 0.962 bits per heavy atom. The summed E-state index contributed by atoms with van der Waals surface area (Å²) >= 11 is 1.57. The predicted octanol–water partition coefficient (Wildman–Crippen LogP) is 4.13. The molecule has 0 aliphatic carbocycles. The van der Waals surface area contributed by atoms with E-state index in [2.05, 4.69) is 5.32 Å². The molecule has 3 rings (SSSR count). The van der Waals surface area contributed by atoms with Gasteiger partial charge in [-0.3, -0.25) is 4.79 Å². The van der Waals surface area contributed by atoms with Crippen LogP contribution in [0.15, 0.2) is 48.5 Å². The van der Waals surface area contributed by atoms with E-state index in [4.69, 9.17) is 14.5 Å². The van der Waals surface area contributed by atoms with Crippen molar-refractivity contribution in [1.82, 2.24) is 10.3 Å². The molecule has 134 valence electrons. The second-order valence-electron chi connectivity index (χ2n) is 5.65. The van der Waals surface area contributed by atoms with Gasteiger partial charge in [-0.25, -0.2) is 4.98 Å². The Kier molecular flexibility index (Phi) is 5.53. The lowest BCUT2D eigenvalue weighted by molar-refractivity contribution is -0.119. The van der Waals surface area contributed by atoms with Gasteiger partial charge in [-0.05, 0) is 54.1 Å². The van der Waals surface area contributed by atoms with Crippen LogP contribution in [0, 0.1) is 0 Å². The number of benzene rings is 2. The van der Waals surface area contributed by atoms with E-state index < -0.39 is 0 Å². The van der Waals surface area contributed by atoms with Crippen LogP contribution in [0.4, 0.5) is 0 Å². The van der Waals surface area contributed by atoms with Gasteiger partial charge in [-0.1, -0.05) is 0 Å². The average Bonchev–Trinajstić information content (AvgIpc) is 3.11. The monoisotopic (exact) mass is 368 g/mol. The van der Waals surface area contributed by atoms with Crippen LogP contribution in [0.25, 0.3) is 21.7 Å². The number of rotatable bonds is 6. The van der Waals surface area contributed by atoms with Crippen molar-refractivity contribution < 1.29 is 14.3 Å². The van der Waals surface area contributed by atoms with Crippen molar-refractivity contribution in [3.05, 3.63) is 53.5 Å². The van der Waals surface area contributed by atoms with Crippen LogP contribution in [0.1, 0.15) is 11.9 Å². The van der Waals surface area contributed by atoms with Crippen molar-refractivity contribution in [3.8, 4) is 33.2 Å². The summed E-state index contributed by atoms with van der Waals surface area (Å²) < 4.78 is 10.5. The third-order valence-corrected chi connectivity index (χ3v) is 4.98. The van der Waals surface area contributed by atoms with Crippen LogP contribution in [-0.4, -0.2) is 25.1 Å². The first-order chi connectivity index (χ1) is 12.6. The van der Waals surface area contributed by atoms with Crippen LogP contribution in [0.2, 0.25) is 0 Å². The van der Waals surface area contributed by atoms with Crippen LogP contribution in [0.3, 0.4) is 0 Å². The lowest BCUT2D eigenvalue weighted by atomic mass is 10.1. The van der Waals surface area contributed by atoms with Crippen molar-refractivity contribution in [2.45, 2.75) is 13.5 Å². The molecule has 5 nitrogen and oxygen atoms in total. The first-order valence-electron chi connectivity index (χ1n) is 8.13. The first kappa shape index (κ1) is 17.9. The topological polar surface area (TPSA) is 60.5 Å². The number of thiazole rings is 1. The summed E-state index contributed by atoms with van der Waals surface area (Å²) in [7, 11) is 3.29. The number of nitrogens with one attached hydrogen (secondary N) is 1. The molecular formula is C20H20N2O3S. The highest BCUT2D eigenvalue weighted by Crippen LogP contribution is 2.38. The molecule has 6 heteroatoms. The van der Waals surface area contributed by atoms with Crippen molar-refractivity contribution >= 4 is 17.2 Å². The smallest absolute Gasteiger partial charge is 0.217 e. The van der Waals surface area contributed by atoms with E-state index in [1.165, 1.54) is 6.92 Å². The van der Waals surface area contributed by atoms with Gasteiger partial charge in [0.2, 0.25) is 5.91 Å². The number of carbonyl (C=O) groups is 1. The molecule has 0 unspecified atom stereocenters. The molecule has 0 saturated carbocycles. The van der Waals surface area contributed by atoms with Gasteiger partial charge in [-0.15, -0.1) is 11.3 Å². The molecule has 0 saturated heterocycles. The highest BCUT2D eigenvalue weighted by Gasteiger charge is 2.15. The van der Waals surface area contributed by atoms with Crippen molar-refractivity contribution in [2.75, 3.05) is 14.2 Å². The maximum atomic E-state index is 11.2. The largest absolute Gasteiger partial charge is 0.497 e. The second kappa shape index (κ2) is 8.01. The minimum atomic E-state index is -0.0720. The van der Waals surface area contributed by atoms with Gasteiger partial charge >= 0.3 is 0 Å². The number of nitrogens with zero attached hydrogens (tertiary/aromatic N) is 1. The second-order valence-corrected chi connectivity index (χ2v) is 6.74. The van der Waals surface area contributed by atoms with Crippen molar-refractivity contribution in [3.63, 3.8) is 0 Å². The summed E-state index contributed by atoms with van der Waals surface area (Å²) in [6.45, 7) is 1.92. The fourth-order valence-corrected chi connectivity index (χ4v) is 3.55. The Bertz CT molecular complexity index is 821. The molecule has 1 aromatic heterocycles. The van der Waals surface area contributed by atoms with Gasteiger partial charge in [0.15, 0.2) is 0 Å². The van der Waals surface area contributed by atoms with E-state index >= 15 is 0 Å². The van der Waals surface area contributed by atoms with Crippen LogP contribution in [-0.2, 0) is 11.3 Å². The average molecular weight is 368 g/mol. The molecule has 26 heavy (non-hydrogen) atoms. The van der Waals surface area contributed by atoms with Crippen molar-refractivity contribution in [1.29, 1.82) is 0 Å². The molecule has 0 spiro atoms. The molecular weight excluding hydrogens is 348 g/mol. The van der Waals surface area contributed by atoms with Gasteiger partial charge in [-0.2, -0.15) is 0 Å². The number of hydrogen-bond acceptors (Lipinski definition) is 5. The Balaban J connectivity index is 2.02.